The van der Waals surface area contributed by atoms with Crippen LogP contribution in [-0.4, -0.2) is 13.1 Å². The summed E-state index contributed by atoms with van der Waals surface area (Å²) >= 11 is 0. The van der Waals surface area contributed by atoms with Crippen LogP contribution in [0.15, 0.2) is 30.3 Å². The molecule has 1 nitrogen and oxygen atoms in total. The lowest BCUT2D eigenvalue weighted by atomic mass is 9.98. The largest absolute Gasteiger partial charge is 0.432 e. The molecule has 0 heterocycles. The molecule has 0 saturated heterocycles. The van der Waals surface area contributed by atoms with Crippen LogP contribution in [0.4, 0.5) is 0 Å². The molecule has 2 unspecified atom stereocenters. The van der Waals surface area contributed by atoms with E-state index in [-0.39, 0.29) is 0 Å². The Morgan fingerprint density at radius 1 is 1.19 bits per heavy atom. The molecule has 0 aliphatic heterocycles. The van der Waals surface area contributed by atoms with E-state index in [1.807, 2.05) is 19.2 Å². The van der Waals surface area contributed by atoms with Gasteiger partial charge in [-0.3, -0.25) is 0 Å². The topological polar surface area (TPSA) is 20.2 Å². The van der Waals surface area contributed by atoms with Gasteiger partial charge >= 0.3 is 0 Å². The summed E-state index contributed by atoms with van der Waals surface area (Å²) in [6.07, 6.45) is 2.30. The summed E-state index contributed by atoms with van der Waals surface area (Å²) in [6, 6.07) is 10.5. The fourth-order valence-corrected chi connectivity index (χ4v) is 4.07. The van der Waals surface area contributed by atoms with E-state index in [0.717, 1.165) is 6.42 Å². The molecule has 0 radical (unpaired) electrons. The van der Waals surface area contributed by atoms with E-state index in [0.29, 0.717) is 11.5 Å². The quantitative estimate of drug-likeness (QED) is 0.768. The van der Waals surface area contributed by atoms with Crippen molar-refractivity contribution in [2.75, 3.05) is 0 Å². The van der Waals surface area contributed by atoms with Crippen molar-refractivity contribution in [1.82, 2.24) is 0 Å². The minimum atomic E-state index is -2.11. The Morgan fingerprint density at radius 3 is 2.19 bits per heavy atom. The van der Waals surface area contributed by atoms with Gasteiger partial charge < -0.3 is 4.80 Å². The molecule has 0 aromatic heterocycles. The Labute approximate surface area is 101 Å². The van der Waals surface area contributed by atoms with E-state index < -0.39 is 8.32 Å². The lowest BCUT2D eigenvalue weighted by molar-refractivity contribution is 0.455. The minimum absolute atomic E-state index is 0.364. The highest BCUT2D eigenvalue weighted by molar-refractivity contribution is 6.71. The highest BCUT2D eigenvalue weighted by Crippen LogP contribution is 2.32. The van der Waals surface area contributed by atoms with E-state index in [2.05, 4.69) is 38.1 Å². The first kappa shape index (κ1) is 13.5. The summed E-state index contributed by atoms with van der Waals surface area (Å²) in [6.45, 7) is 8.59. The third-order valence-corrected chi connectivity index (χ3v) is 5.66. The molecular formula is C14H24OSi. The SMILES string of the molecule is CCC(C)CC(c1ccccc1)[Si](C)(C)O. The maximum absolute atomic E-state index is 10.4. The van der Waals surface area contributed by atoms with Gasteiger partial charge in [-0.25, -0.2) is 0 Å². The van der Waals surface area contributed by atoms with Gasteiger partial charge in [-0.05, 0) is 31.0 Å². The summed E-state index contributed by atoms with van der Waals surface area (Å²) in [5, 5.41) is 0. The van der Waals surface area contributed by atoms with Gasteiger partial charge in [-0.2, -0.15) is 0 Å². The van der Waals surface area contributed by atoms with Crippen molar-refractivity contribution in [2.24, 2.45) is 5.92 Å². The first-order chi connectivity index (χ1) is 7.45. The molecule has 1 aromatic rings. The lowest BCUT2D eigenvalue weighted by Gasteiger charge is -2.29. The normalized spacial score (nSPS) is 15.8. The molecule has 0 spiro atoms. The molecule has 1 aromatic carbocycles. The molecule has 16 heavy (non-hydrogen) atoms. The van der Waals surface area contributed by atoms with Crippen LogP contribution >= 0.6 is 0 Å². The molecule has 90 valence electrons. The monoisotopic (exact) mass is 236 g/mol. The summed E-state index contributed by atoms with van der Waals surface area (Å²) in [4.78, 5) is 10.4. The molecule has 1 rings (SSSR count). The Hall–Kier alpha value is -0.603. The number of benzene rings is 1. The highest BCUT2D eigenvalue weighted by Gasteiger charge is 2.32. The van der Waals surface area contributed by atoms with Crippen LogP contribution in [0.1, 0.15) is 37.8 Å². The summed E-state index contributed by atoms with van der Waals surface area (Å²) < 4.78 is 0. The van der Waals surface area contributed by atoms with E-state index in [9.17, 15) is 4.80 Å². The minimum Gasteiger partial charge on any atom is -0.432 e. The van der Waals surface area contributed by atoms with Crippen LogP contribution < -0.4 is 0 Å². The molecule has 0 aliphatic carbocycles. The Balaban J connectivity index is 2.89. The van der Waals surface area contributed by atoms with Crippen molar-refractivity contribution in [1.29, 1.82) is 0 Å². The lowest BCUT2D eigenvalue weighted by Crippen LogP contribution is -2.36. The second-order valence-electron chi connectivity index (χ2n) is 5.37. The van der Waals surface area contributed by atoms with Gasteiger partial charge in [-0.15, -0.1) is 0 Å². The zero-order valence-corrected chi connectivity index (χ0v) is 11.9. The van der Waals surface area contributed by atoms with Crippen molar-refractivity contribution >= 4 is 8.32 Å². The van der Waals surface area contributed by atoms with E-state index in [1.54, 1.807) is 0 Å². The van der Waals surface area contributed by atoms with Crippen molar-refractivity contribution < 1.29 is 4.80 Å². The predicted molar refractivity (Wildman–Crippen MR) is 73.0 cm³/mol. The average Bonchev–Trinajstić information content (AvgIpc) is 2.25. The molecule has 0 amide bonds. The predicted octanol–water partition coefficient (Wildman–Crippen LogP) is 3.94. The molecule has 0 saturated carbocycles. The second kappa shape index (κ2) is 5.64. The second-order valence-corrected chi connectivity index (χ2v) is 9.37. The molecule has 0 aliphatic rings. The van der Waals surface area contributed by atoms with E-state index in [4.69, 9.17) is 0 Å². The van der Waals surface area contributed by atoms with Crippen molar-refractivity contribution in [2.45, 2.75) is 45.3 Å². The first-order valence-corrected chi connectivity index (χ1v) is 9.25. The zero-order chi connectivity index (χ0) is 12.2. The molecule has 2 heteroatoms. The van der Waals surface area contributed by atoms with Gasteiger partial charge in [0.1, 0.15) is 0 Å². The Kier molecular flexibility index (Phi) is 4.75. The van der Waals surface area contributed by atoms with Crippen LogP contribution in [0, 0.1) is 5.92 Å². The van der Waals surface area contributed by atoms with Gasteiger partial charge in [0, 0.05) is 5.54 Å². The van der Waals surface area contributed by atoms with Gasteiger partial charge in [0.2, 0.25) is 0 Å². The van der Waals surface area contributed by atoms with E-state index >= 15 is 0 Å². The third-order valence-electron chi connectivity index (χ3n) is 3.39. The number of rotatable bonds is 5. The first-order valence-electron chi connectivity index (χ1n) is 6.22. The molecule has 1 N–H and O–H groups in total. The number of hydrogen-bond acceptors (Lipinski definition) is 1. The Morgan fingerprint density at radius 2 is 1.75 bits per heavy atom. The fraction of sp³-hybridized carbons (Fsp3) is 0.571. The fourth-order valence-electron chi connectivity index (χ4n) is 2.09. The zero-order valence-electron chi connectivity index (χ0n) is 10.9. The van der Waals surface area contributed by atoms with Gasteiger partial charge in [0.15, 0.2) is 8.32 Å². The molecular weight excluding hydrogens is 212 g/mol. The van der Waals surface area contributed by atoms with Crippen molar-refractivity contribution in [3.8, 4) is 0 Å². The summed E-state index contributed by atoms with van der Waals surface area (Å²) in [7, 11) is -2.11. The van der Waals surface area contributed by atoms with Gasteiger partial charge in [0.05, 0.1) is 0 Å². The molecule has 2 atom stereocenters. The third kappa shape index (κ3) is 3.76. The van der Waals surface area contributed by atoms with Crippen LogP contribution in [-0.2, 0) is 0 Å². The molecule has 0 fully saturated rings. The standard InChI is InChI=1S/C14H24OSi/c1-5-12(2)11-14(16(3,4)15)13-9-7-6-8-10-13/h6-10,12,14-15H,5,11H2,1-4H3. The Bertz CT molecular complexity index is 302. The smallest absolute Gasteiger partial charge is 0.189 e. The van der Waals surface area contributed by atoms with E-state index in [1.165, 1.54) is 12.0 Å². The average molecular weight is 236 g/mol. The van der Waals surface area contributed by atoms with Crippen molar-refractivity contribution in [3.63, 3.8) is 0 Å². The highest BCUT2D eigenvalue weighted by atomic mass is 28.4. The van der Waals surface area contributed by atoms with Crippen LogP contribution in [0.5, 0.6) is 0 Å². The maximum atomic E-state index is 10.4. The van der Waals surface area contributed by atoms with Crippen molar-refractivity contribution in [3.05, 3.63) is 35.9 Å². The number of hydrogen-bond donors (Lipinski definition) is 1. The van der Waals surface area contributed by atoms with Gasteiger partial charge in [0.25, 0.3) is 0 Å². The molecule has 0 bridgehead atoms. The van der Waals surface area contributed by atoms with Crippen LogP contribution in [0.2, 0.25) is 13.1 Å². The van der Waals surface area contributed by atoms with Crippen LogP contribution in [0.25, 0.3) is 0 Å². The summed E-state index contributed by atoms with van der Waals surface area (Å²) in [5.74, 6) is 0.684. The summed E-state index contributed by atoms with van der Waals surface area (Å²) in [5.41, 5.74) is 1.67. The van der Waals surface area contributed by atoms with Gasteiger partial charge in [-0.1, -0.05) is 50.6 Å². The van der Waals surface area contributed by atoms with Crippen LogP contribution in [0.3, 0.4) is 0 Å². The maximum Gasteiger partial charge on any atom is 0.189 e.